The van der Waals surface area contributed by atoms with Crippen molar-refractivity contribution in [2.24, 2.45) is 5.92 Å². The highest BCUT2D eigenvalue weighted by Gasteiger charge is 2.34. The van der Waals surface area contributed by atoms with Crippen LogP contribution in [0.3, 0.4) is 0 Å². The van der Waals surface area contributed by atoms with E-state index in [9.17, 15) is 9.90 Å². The fourth-order valence-corrected chi connectivity index (χ4v) is 3.75. The number of aromatic nitrogens is 1. The molecular formula is C16H24N2O3. The molecule has 3 atom stereocenters. The Balaban J connectivity index is 1.69. The number of fused-ring (bicyclic) bond motifs is 4. The van der Waals surface area contributed by atoms with Gasteiger partial charge in [0.05, 0.1) is 12.7 Å². The summed E-state index contributed by atoms with van der Waals surface area (Å²) < 4.78 is 7.22. The largest absolute Gasteiger partial charge is 0.389 e. The van der Waals surface area contributed by atoms with Crippen molar-refractivity contribution in [3.63, 3.8) is 0 Å². The summed E-state index contributed by atoms with van der Waals surface area (Å²) in [6.45, 7) is 6.32. The Hall–Kier alpha value is -1.17. The third kappa shape index (κ3) is 3.20. The summed E-state index contributed by atoms with van der Waals surface area (Å²) in [4.78, 5) is 14.3. The molecule has 1 aromatic heterocycles. The predicted molar refractivity (Wildman–Crippen MR) is 80.5 cm³/mol. The molecule has 0 radical (unpaired) electrons. The second-order valence-corrected chi connectivity index (χ2v) is 6.23. The molecule has 2 aliphatic heterocycles. The normalized spacial score (nSPS) is 26.4. The molecule has 0 amide bonds. The van der Waals surface area contributed by atoms with Crippen LogP contribution in [0.25, 0.3) is 0 Å². The van der Waals surface area contributed by atoms with Gasteiger partial charge in [0.1, 0.15) is 0 Å². The molecular weight excluding hydrogens is 268 g/mol. The molecule has 21 heavy (non-hydrogen) atoms. The summed E-state index contributed by atoms with van der Waals surface area (Å²) in [5.41, 5.74) is 1.27. The molecule has 1 aromatic rings. The van der Waals surface area contributed by atoms with E-state index in [1.807, 2.05) is 17.6 Å². The van der Waals surface area contributed by atoms with Crippen molar-refractivity contribution in [3.8, 4) is 0 Å². The fraction of sp³-hybridized carbons (Fsp3) is 0.688. The number of β-amino-alcohol motifs (C(OH)–C–C–N with tert-alkyl or cyclic N) is 1. The van der Waals surface area contributed by atoms with Gasteiger partial charge in [0.2, 0.25) is 0 Å². The van der Waals surface area contributed by atoms with Crippen LogP contribution in [-0.2, 0) is 11.3 Å². The van der Waals surface area contributed by atoms with Crippen molar-refractivity contribution in [2.45, 2.75) is 31.9 Å². The third-order valence-electron chi connectivity index (χ3n) is 4.54. The minimum atomic E-state index is -0.429. The zero-order valence-corrected chi connectivity index (χ0v) is 12.6. The first-order chi connectivity index (χ1) is 10.2. The van der Waals surface area contributed by atoms with Gasteiger partial charge in [-0.3, -0.25) is 9.69 Å². The van der Waals surface area contributed by atoms with Gasteiger partial charge in [0.25, 0.3) is 5.56 Å². The fourth-order valence-electron chi connectivity index (χ4n) is 3.75. The predicted octanol–water partition coefficient (Wildman–Crippen LogP) is 0.665. The second kappa shape index (κ2) is 6.30. The Kier molecular flexibility index (Phi) is 4.42. The molecule has 3 rings (SSSR count). The lowest BCUT2D eigenvalue weighted by atomic mass is 9.83. The Morgan fingerprint density at radius 1 is 1.38 bits per heavy atom. The van der Waals surface area contributed by atoms with Crippen molar-refractivity contribution in [2.75, 3.05) is 32.8 Å². The maximum Gasteiger partial charge on any atom is 0.250 e. The minimum Gasteiger partial charge on any atom is -0.389 e. The van der Waals surface area contributed by atoms with Crippen LogP contribution in [0.4, 0.5) is 0 Å². The van der Waals surface area contributed by atoms with Crippen LogP contribution in [-0.4, -0.2) is 53.5 Å². The van der Waals surface area contributed by atoms with E-state index in [-0.39, 0.29) is 5.56 Å². The third-order valence-corrected chi connectivity index (χ3v) is 4.54. The smallest absolute Gasteiger partial charge is 0.250 e. The Morgan fingerprint density at radius 3 is 3.05 bits per heavy atom. The number of rotatable bonds is 5. The van der Waals surface area contributed by atoms with Gasteiger partial charge in [-0.2, -0.15) is 0 Å². The molecule has 0 saturated carbocycles. The minimum absolute atomic E-state index is 0.118. The van der Waals surface area contributed by atoms with E-state index in [2.05, 4.69) is 11.0 Å². The van der Waals surface area contributed by atoms with Crippen LogP contribution in [0.1, 0.15) is 25.0 Å². The highest BCUT2D eigenvalue weighted by Crippen LogP contribution is 2.34. The quantitative estimate of drug-likeness (QED) is 0.866. The molecule has 1 N–H and O–H groups in total. The number of piperidine rings is 1. The van der Waals surface area contributed by atoms with Crippen molar-refractivity contribution >= 4 is 0 Å². The summed E-state index contributed by atoms with van der Waals surface area (Å²) >= 11 is 0. The standard InChI is InChI=1S/C16H24N2O3/c1-2-21-11-14(19)10-17-7-12-6-13(9-17)15-4-3-5-16(20)18(15)8-12/h3-5,12-14,19H,2,6-11H2,1H3/t12-,13+,14?/m0/s1. The molecule has 0 aromatic carbocycles. The van der Waals surface area contributed by atoms with Crippen LogP contribution >= 0.6 is 0 Å². The molecule has 2 bridgehead atoms. The molecule has 2 aliphatic rings. The summed E-state index contributed by atoms with van der Waals surface area (Å²) in [7, 11) is 0. The Labute approximate surface area is 125 Å². The average Bonchev–Trinajstić information content (AvgIpc) is 2.46. The lowest BCUT2D eigenvalue weighted by Gasteiger charge is -2.43. The number of hydrogen-bond donors (Lipinski definition) is 1. The SMILES string of the molecule is CCOCC(O)CN1C[C@@H]2C[C@H](C1)c1cccc(=O)n1C2. The van der Waals surface area contributed by atoms with Gasteiger partial charge in [-0.1, -0.05) is 6.07 Å². The molecule has 1 fully saturated rings. The number of nitrogens with zero attached hydrogens (tertiary/aromatic N) is 2. The average molecular weight is 292 g/mol. The van der Waals surface area contributed by atoms with Crippen LogP contribution in [0.5, 0.6) is 0 Å². The molecule has 3 heterocycles. The van der Waals surface area contributed by atoms with E-state index < -0.39 is 6.10 Å². The van der Waals surface area contributed by atoms with Crippen molar-refractivity contribution in [1.82, 2.24) is 9.47 Å². The molecule has 0 aliphatic carbocycles. The summed E-state index contributed by atoms with van der Waals surface area (Å²) in [5.74, 6) is 0.918. The zero-order chi connectivity index (χ0) is 14.8. The number of likely N-dealkylation sites (tertiary alicyclic amines) is 1. The number of aliphatic hydroxyl groups is 1. The monoisotopic (exact) mass is 292 g/mol. The van der Waals surface area contributed by atoms with E-state index in [1.54, 1.807) is 6.07 Å². The van der Waals surface area contributed by atoms with Crippen LogP contribution < -0.4 is 5.56 Å². The Bertz CT molecular complexity index is 543. The van der Waals surface area contributed by atoms with Gasteiger partial charge < -0.3 is 14.4 Å². The molecule has 0 spiro atoms. The van der Waals surface area contributed by atoms with Gasteiger partial charge in [-0.05, 0) is 25.3 Å². The molecule has 5 nitrogen and oxygen atoms in total. The first-order valence-electron chi connectivity index (χ1n) is 7.85. The van der Waals surface area contributed by atoms with Gasteiger partial charge in [-0.15, -0.1) is 0 Å². The van der Waals surface area contributed by atoms with Gasteiger partial charge in [0.15, 0.2) is 0 Å². The first-order valence-corrected chi connectivity index (χ1v) is 7.85. The molecule has 1 unspecified atom stereocenters. The molecule has 5 heteroatoms. The second-order valence-electron chi connectivity index (χ2n) is 6.23. The summed E-state index contributed by atoms with van der Waals surface area (Å²) in [6.07, 6.45) is 0.725. The maximum absolute atomic E-state index is 12.0. The van der Waals surface area contributed by atoms with Crippen LogP contribution in [0.2, 0.25) is 0 Å². The lowest BCUT2D eigenvalue weighted by Crippen LogP contribution is -2.49. The van der Waals surface area contributed by atoms with Crippen LogP contribution in [0, 0.1) is 5.92 Å². The number of aliphatic hydroxyl groups excluding tert-OH is 1. The van der Waals surface area contributed by atoms with E-state index in [1.165, 1.54) is 0 Å². The lowest BCUT2D eigenvalue weighted by molar-refractivity contribution is 0.00625. The number of hydrogen-bond acceptors (Lipinski definition) is 4. The maximum atomic E-state index is 12.0. The van der Waals surface area contributed by atoms with Crippen molar-refractivity contribution < 1.29 is 9.84 Å². The molecule has 116 valence electrons. The zero-order valence-electron chi connectivity index (χ0n) is 12.6. The Morgan fingerprint density at radius 2 is 2.24 bits per heavy atom. The van der Waals surface area contributed by atoms with E-state index in [4.69, 9.17) is 4.74 Å². The number of pyridine rings is 1. The first kappa shape index (κ1) is 14.8. The van der Waals surface area contributed by atoms with Gasteiger partial charge in [-0.25, -0.2) is 0 Å². The molecule has 1 saturated heterocycles. The summed E-state index contributed by atoms with van der Waals surface area (Å²) in [5, 5.41) is 10.0. The summed E-state index contributed by atoms with van der Waals surface area (Å²) in [6, 6.07) is 5.58. The van der Waals surface area contributed by atoms with E-state index >= 15 is 0 Å². The van der Waals surface area contributed by atoms with E-state index in [0.717, 1.165) is 31.7 Å². The highest BCUT2D eigenvalue weighted by atomic mass is 16.5. The van der Waals surface area contributed by atoms with Crippen LogP contribution in [0.15, 0.2) is 23.0 Å². The topological polar surface area (TPSA) is 54.7 Å². The van der Waals surface area contributed by atoms with Crippen molar-refractivity contribution in [1.29, 1.82) is 0 Å². The highest BCUT2D eigenvalue weighted by molar-refractivity contribution is 5.16. The van der Waals surface area contributed by atoms with Crippen molar-refractivity contribution in [3.05, 3.63) is 34.2 Å². The number of ether oxygens (including phenoxy) is 1. The van der Waals surface area contributed by atoms with E-state index in [0.29, 0.717) is 31.6 Å². The van der Waals surface area contributed by atoms with Gasteiger partial charge in [0, 0.05) is 50.5 Å². The van der Waals surface area contributed by atoms with Gasteiger partial charge >= 0.3 is 0 Å².